The van der Waals surface area contributed by atoms with Crippen molar-refractivity contribution in [2.45, 2.75) is 0 Å². The summed E-state index contributed by atoms with van der Waals surface area (Å²) in [5.41, 5.74) is 1.67. The maximum Gasteiger partial charge on any atom is 0.137 e. The quantitative estimate of drug-likeness (QED) is 0.599. The number of halogens is 2. The largest absolute Gasteiger partial charge is 0.353 e. The second-order valence-electron chi connectivity index (χ2n) is 3.33. The average Bonchev–Trinajstić information content (AvgIpc) is 2.54. The van der Waals surface area contributed by atoms with E-state index < -0.39 is 11.6 Å². The van der Waals surface area contributed by atoms with Crippen LogP contribution >= 0.6 is 0 Å². The van der Waals surface area contributed by atoms with Crippen molar-refractivity contribution < 1.29 is 8.78 Å². The zero-order valence-electron chi connectivity index (χ0n) is 7.59. The van der Waals surface area contributed by atoms with Gasteiger partial charge in [-0.2, -0.15) is 0 Å². The zero-order chi connectivity index (χ0) is 10.4. The second-order valence-corrected chi connectivity index (χ2v) is 3.33. The van der Waals surface area contributed by atoms with E-state index in [0.29, 0.717) is 21.9 Å². The Balaban J connectivity index is 2.61. The Hall–Kier alpha value is -1.97. The van der Waals surface area contributed by atoms with Crippen LogP contribution in [0.3, 0.4) is 0 Å². The Kier molecular flexibility index (Phi) is 1.54. The van der Waals surface area contributed by atoms with E-state index in [0.717, 1.165) is 6.07 Å². The molecule has 74 valence electrons. The van der Waals surface area contributed by atoms with Gasteiger partial charge in [-0.05, 0) is 18.2 Å². The summed E-state index contributed by atoms with van der Waals surface area (Å²) >= 11 is 0. The van der Waals surface area contributed by atoms with Crippen LogP contribution < -0.4 is 0 Å². The summed E-state index contributed by atoms with van der Waals surface area (Å²) in [6.07, 6.45) is 1.58. The topological polar surface area (TPSA) is 28.7 Å². The predicted octanol–water partition coefficient (Wildman–Crippen LogP) is 2.99. The molecule has 0 spiro atoms. The van der Waals surface area contributed by atoms with Gasteiger partial charge in [-0.3, -0.25) is 4.98 Å². The Bertz CT molecular complexity index is 658. The molecule has 2 aromatic heterocycles. The molecule has 0 fully saturated rings. The lowest BCUT2D eigenvalue weighted by molar-refractivity contribution is 0.592. The van der Waals surface area contributed by atoms with E-state index >= 15 is 0 Å². The van der Waals surface area contributed by atoms with Gasteiger partial charge in [0.15, 0.2) is 0 Å². The molecule has 0 aliphatic rings. The number of nitrogens with one attached hydrogen (secondary N) is 1. The lowest BCUT2D eigenvalue weighted by atomic mass is 10.2. The van der Waals surface area contributed by atoms with Crippen LogP contribution in [-0.2, 0) is 0 Å². The molecule has 0 saturated heterocycles. The van der Waals surface area contributed by atoms with Gasteiger partial charge in [0.25, 0.3) is 0 Å². The van der Waals surface area contributed by atoms with E-state index in [1.807, 2.05) is 0 Å². The fraction of sp³-hybridized carbons (Fsp3) is 0. The number of pyridine rings is 1. The van der Waals surface area contributed by atoms with Crippen molar-refractivity contribution in [3.8, 4) is 0 Å². The van der Waals surface area contributed by atoms with E-state index in [1.54, 1.807) is 18.3 Å². The fourth-order valence-corrected chi connectivity index (χ4v) is 1.76. The SMILES string of the molecule is Fc1cc(F)c2c(c1)[nH]c1cccnc12. The zero-order valence-corrected chi connectivity index (χ0v) is 7.59. The molecule has 3 aromatic rings. The summed E-state index contributed by atoms with van der Waals surface area (Å²) < 4.78 is 26.5. The van der Waals surface area contributed by atoms with Crippen LogP contribution in [0.2, 0.25) is 0 Å². The molecule has 4 heteroatoms. The summed E-state index contributed by atoms with van der Waals surface area (Å²) in [5.74, 6) is -1.18. The van der Waals surface area contributed by atoms with Crippen molar-refractivity contribution in [2.24, 2.45) is 0 Å². The molecule has 1 aromatic carbocycles. The Morgan fingerprint density at radius 1 is 1.13 bits per heavy atom. The monoisotopic (exact) mass is 204 g/mol. The molecular weight excluding hydrogens is 198 g/mol. The minimum atomic E-state index is -0.591. The van der Waals surface area contributed by atoms with Gasteiger partial charge in [0.1, 0.15) is 11.6 Å². The van der Waals surface area contributed by atoms with Crippen molar-refractivity contribution in [3.05, 3.63) is 42.1 Å². The normalized spacial score (nSPS) is 11.3. The molecule has 0 radical (unpaired) electrons. The van der Waals surface area contributed by atoms with E-state index in [4.69, 9.17) is 0 Å². The van der Waals surface area contributed by atoms with Crippen LogP contribution in [0, 0.1) is 11.6 Å². The summed E-state index contributed by atoms with van der Waals surface area (Å²) in [7, 11) is 0. The van der Waals surface area contributed by atoms with Crippen molar-refractivity contribution in [2.75, 3.05) is 0 Å². The number of H-pyrrole nitrogens is 1. The number of hydrogen-bond acceptors (Lipinski definition) is 1. The number of aromatic amines is 1. The summed E-state index contributed by atoms with van der Waals surface area (Å²) in [4.78, 5) is 6.98. The molecule has 0 unspecified atom stereocenters. The Labute approximate surface area is 83.6 Å². The molecule has 0 aliphatic carbocycles. The first-order valence-electron chi connectivity index (χ1n) is 4.47. The third-order valence-corrected chi connectivity index (χ3v) is 2.37. The number of benzene rings is 1. The van der Waals surface area contributed by atoms with Crippen LogP contribution in [-0.4, -0.2) is 9.97 Å². The highest BCUT2D eigenvalue weighted by molar-refractivity contribution is 6.04. The van der Waals surface area contributed by atoms with Gasteiger partial charge >= 0.3 is 0 Å². The third kappa shape index (κ3) is 1.11. The number of aromatic nitrogens is 2. The van der Waals surface area contributed by atoms with Gasteiger partial charge < -0.3 is 4.98 Å². The van der Waals surface area contributed by atoms with Crippen LogP contribution in [0.5, 0.6) is 0 Å². The van der Waals surface area contributed by atoms with Gasteiger partial charge in [0.2, 0.25) is 0 Å². The molecule has 3 rings (SSSR count). The summed E-state index contributed by atoms with van der Waals surface area (Å²) in [6.45, 7) is 0. The second kappa shape index (κ2) is 2.76. The molecule has 0 aliphatic heterocycles. The van der Waals surface area contributed by atoms with Crippen LogP contribution in [0.15, 0.2) is 30.5 Å². The van der Waals surface area contributed by atoms with Crippen molar-refractivity contribution in [1.82, 2.24) is 9.97 Å². The smallest absolute Gasteiger partial charge is 0.137 e. The first-order chi connectivity index (χ1) is 7.25. The molecule has 15 heavy (non-hydrogen) atoms. The van der Waals surface area contributed by atoms with E-state index in [9.17, 15) is 8.78 Å². The summed E-state index contributed by atoms with van der Waals surface area (Å²) in [5, 5.41) is 0.340. The maximum absolute atomic E-state index is 13.5. The average molecular weight is 204 g/mol. The Morgan fingerprint density at radius 3 is 2.87 bits per heavy atom. The van der Waals surface area contributed by atoms with Gasteiger partial charge in [0.05, 0.1) is 21.9 Å². The van der Waals surface area contributed by atoms with E-state index in [-0.39, 0.29) is 0 Å². The van der Waals surface area contributed by atoms with Crippen LogP contribution in [0.1, 0.15) is 0 Å². The first-order valence-corrected chi connectivity index (χ1v) is 4.47. The highest BCUT2D eigenvalue weighted by Crippen LogP contribution is 2.26. The minimum absolute atomic E-state index is 0.340. The van der Waals surface area contributed by atoms with Gasteiger partial charge in [-0.1, -0.05) is 0 Å². The molecule has 0 atom stereocenters. The minimum Gasteiger partial charge on any atom is -0.353 e. The fourth-order valence-electron chi connectivity index (χ4n) is 1.76. The maximum atomic E-state index is 13.5. The lowest BCUT2D eigenvalue weighted by Gasteiger charge is -1.93. The first kappa shape index (κ1) is 8.35. The van der Waals surface area contributed by atoms with Crippen molar-refractivity contribution in [3.63, 3.8) is 0 Å². The highest BCUT2D eigenvalue weighted by atomic mass is 19.1. The molecule has 0 bridgehead atoms. The molecule has 1 N–H and O–H groups in total. The van der Waals surface area contributed by atoms with Gasteiger partial charge in [-0.25, -0.2) is 8.78 Å². The molecule has 0 saturated carbocycles. The third-order valence-electron chi connectivity index (χ3n) is 2.37. The molecule has 2 heterocycles. The van der Waals surface area contributed by atoms with E-state index in [1.165, 1.54) is 6.07 Å². The lowest BCUT2D eigenvalue weighted by Crippen LogP contribution is -1.81. The number of rotatable bonds is 0. The molecule has 2 nitrogen and oxygen atoms in total. The van der Waals surface area contributed by atoms with Gasteiger partial charge in [-0.15, -0.1) is 0 Å². The predicted molar refractivity (Wildman–Crippen MR) is 53.5 cm³/mol. The number of nitrogens with zero attached hydrogens (tertiary/aromatic N) is 1. The van der Waals surface area contributed by atoms with E-state index in [2.05, 4.69) is 9.97 Å². The molecular formula is C11H6F2N2. The number of fused-ring (bicyclic) bond motifs is 3. The molecule has 0 amide bonds. The highest BCUT2D eigenvalue weighted by Gasteiger charge is 2.10. The Morgan fingerprint density at radius 2 is 2.00 bits per heavy atom. The van der Waals surface area contributed by atoms with Gasteiger partial charge in [0, 0.05) is 12.3 Å². The standard InChI is InChI=1S/C11H6F2N2/c12-6-4-7(13)10-9(5-6)15-8-2-1-3-14-11(8)10/h1-5,15H. The van der Waals surface area contributed by atoms with Crippen molar-refractivity contribution in [1.29, 1.82) is 0 Å². The van der Waals surface area contributed by atoms with Crippen LogP contribution in [0.25, 0.3) is 21.9 Å². The summed E-state index contributed by atoms with van der Waals surface area (Å²) in [6, 6.07) is 5.65. The van der Waals surface area contributed by atoms with Crippen molar-refractivity contribution >= 4 is 21.9 Å². The van der Waals surface area contributed by atoms with Crippen LogP contribution in [0.4, 0.5) is 8.78 Å². The number of hydrogen-bond donors (Lipinski definition) is 1.